The third-order valence-electron chi connectivity index (χ3n) is 2.51. The van der Waals surface area contributed by atoms with Crippen molar-refractivity contribution in [3.05, 3.63) is 52.8 Å². The van der Waals surface area contributed by atoms with Crippen molar-refractivity contribution in [2.75, 3.05) is 11.9 Å². The maximum absolute atomic E-state index is 5.50. The number of para-hydroxylation sites is 1. The van der Waals surface area contributed by atoms with Gasteiger partial charge < -0.3 is 10.1 Å². The zero-order chi connectivity index (χ0) is 13.5. The van der Waals surface area contributed by atoms with E-state index in [2.05, 4.69) is 32.2 Å². The molecule has 1 heterocycles. The van der Waals surface area contributed by atoms with Gasteiger partial charge in [0.2, 0.25) is 0 Å². The molecule has 1 aromatic heterocycles. The average Bonchev–Trinajstić information content (AvgIpc) is 2.45. The maximum Gasteiger partial charge on any atom is 0.148 e. The Balaban J connectivity index is 2.07. The Morgan fingerprint density at radius 1 is 1.26 bits per heavy atom. The molecule has 1 aromatic carbocycles. The molecule has 0 saturated carbocycles. The van der Waals surface area contributed by atoms with Gasteiger partial charge in [-0.25, -0.2) is 4.98 Å². The zero-order valence-electron chi connectivity index (χ0n) is 10.3. The van der Waals surface area contributed by atoms with Crippen molar-refractivity contribution < 1.29 is 4.74 Å². The number of rotatable bonds is 5. The number of nitrogens with one attached hydrogen (secondary N) is 1. The average molecular weight is 317 g/mol. The fourth-order valence-electron chi connectivity index (χ4n) is 1.62. The summed E-state index contributed by atoms with van der Waals surface area (Å²) < 4.78 is 6.29. The Hall–Kier alpha value is -1.99. The van der Waals surface area contributed by atoms with Crippen LogP contribution in [0.3, 0.4) is 0 Å². The highest BCUT2D eigenvalue weighted by molar-refractivity contribution is 9.10. The van der Waals surface area contributed by atoms with Crippen molar-refractivity contribution in [2.45, 2.75) is 6.54 Å². The summed E-state index contributed by atoms with van der Waals surface area (Å²) >= 11 is 3.40. The molecule has 0 aliphatic rings. The molecule has 0 unspecified atom stereocenters. The summed E-state index contributed by atoms with van der Waals surface area (Å²) in [6.45, 7) is 0.915. The molecule has 96 valence electrons. The van der Waals surface area contributed by atoms with E-state index in [0.29, 0.717) is 6.54 Å². The van der Waals surface area contributed by atoms with Crippen LogP contribution in [0.25, 0.3) is 0 Å². The van der Waals surface area contributed by atoms with Gasteiger partial charge in [-0.2, -0.15) is 0 Å². The predicted molar refractivity (Wildman–Crippen MR) is 80.0 cm³/mol. The number of hydrogen-bond acceptors (Lipinski definition) is 3. The Bertz CT molecular complexity index is 593. The van der Waals surface area contributed by atoms with Crippen molar-refractivity contribution in [2.24, 2.45) is 0 Å². The minimum atomic E-state index is 0.271. The van der Waals surface area contributed by atoms with E-state index >= 15 is 0 Å². The Morgan fingerprint density at radius 2 is 2.11 bits per heavy atom. The van der Waals surface area contributed by atoms with E-state index in [9.17, 15) is 0 Å². The molecule has 0 bridgehead atoms. The monoisotopic (exact) mass is 316 g/mol. The smallest absolute Gasteiger partial charge is 0.148 e. The molecular weight excluding hydrogens is 304 g/mol. The third-order valence-corrected chi connectivity index (χ3v) is 3.14. The molecule has 19 heavy (non-hydrogen) atoms. The summed E-state index contributed by atoms with van der Waals surface area (Å²) in [6.07, 6.45) is 6.94. The molecule has 0 fully saturated rings. The molecule has 0 spiro atoms. The van der Waals surface area contributed by atoms with Crippen LogP contribution in [0.4, 0.5) is 5.69 Å². The van der Waals surface area contributed by atoms with Crippen LogP contribution in [-0.4, -0.2) is 11.6 Å². The van der Waals surface area contributed by atoms with Crippen LogP contribution in [-0.2, 0) is 6.54 Å². The van der Waals surface area contributed by atoms with Gasteiger partial charge in [-0.05, 0) is 34.1 Å². The first-order valence-corrected chi connectivity index (χ1v) is 6.59. The lowest BCUT2D eigenvalue weighted by Gasteiger charge is -2.11. The van der Waals surface area contributed by atoms with Crippen LogP contribution < -0.4 is 10.1 Å². The topological polar surface area (TPSA) is 34.1 Å². The second-order valence-corrected chi connectivity index (χ2v) is 4.55. The minimum Gasteiger partial charge on any atom is -0.481 e. The van der Waals surface area contributed by atoms with Gasteiger partial charge in [0, 0.05) is 18.3 Å². The molecule has 2 rings (SSSR count). The SMILES string of the molecule is C#CCOc1ccccc1CNc1cccnc1Br. The Labute approximate surface area is 121 Å². The number of ether oxygens (including phenoxy) is 1. The van der Waals surface area contributed by atoms with Crippen LogP contribution in [0.15, 0.2) is 47.2 Å². The molecule has 3 nitrogen and oxygen atoms in total. The quantitative estimate of drug-likeness (QED) is 0.677. The molecule has 0 aliphatic carbocycles. The predicted octanol–water partition coefficient (Wildman–Crippen LogP) is 3.47. The summed E-state index contributed by atoms with van der Waals surface area (Å²) in [6, 6.07) is 11.7. The van der Waals surface area contributed by atoms with Crippen LogP contribution >= 0.6 is 15.9 Å². The second-order valence-electron chi connectivity index (χ2n) is 3.80. The van der Waals surface area contributed by atoms with E-state index < -0.39 is 0 Å². The minimum absolute atomic E-state index is 0.271. The number of pyridine rings is 1. The number of hydrogen-bond donors (Lipinski definition) is 1. The molecule has 4 heteroatoms. The molecule has 0 atom stereocenters. The van der Waals surface area contributed by atoms with Gasteiger partial charge in [-0.3, -0.25) is 0 Å². The summed E-state index contributed by atoms with van der Waals surface area (Å²) in [4.78, 5) is 4.16. The third kappa shape index (κ3) is 3.73. The molecule has 0 aliphatic heterocycles. The lowest BCUT2D eigenvalue weighted by atomic mass is 10.2. The number of benzene rings is 1. The van der Waals surface area contributed by atoms with Gasteiger partial charge in [0.05, 0.1) is 5.69 Å². The van der Waals surface area contributed by atoms with Gasteiger partial charge in [-0.1, -0.05) is 24.1 Å². The number of nitrogens with zero attached hydrogens (tertiary/aromatic N) is 1. The molecule has 0 saturated heterocycles. The van der Waals surface area contributed by atoms with Crippen LogP contribution in [0, 0.1) is 12.3 Å². The molecule has 1 N–H and O–H groups in total. The zero-order valence-corrected chi connectivity index (χ0v) is 11.9. The summed E-state index contributed by atoms with van der Waals surface area (Å²) in [5, 5.41) is 3.31. The van der Waals surface area contributed by atoms with Gasteiger partial charge in [0.15, 0.2) is 0 Å². The maximum atomic E-state index is 5.50. The molecular formula is C15H13BrN2O. The normalized spacial score (nSPS) is 9.68. The summed E-state index contributed by atoms with van der Waals surface area (Å²) in [5.74, 6) is 3.27. The van der Waals surface area contributed by atoms with Crippen LogP contribution in [0.5, 0.6) is 5.75 Å². The largest absolute Gasteiger partial charge is 0.481 e. The highest BCUT2D eigenvalue weighted by Crippen LogP contribution is 2.22. The lowest BCUT2D eigenvalue weighted by molar-refractivity contribution is 0.366. The fraction of sp³-hybridized carbons (Fsp3) is 0.133. The van der Waals surface area contributed by atoms with Crippen molar-refractivity contribution in [3.8, 4) is 18.1 Å². The first-order chi connectivity index (χ1) is 9.31. The van der Waals surface area contributed by atoms with E-state index in [0.717, 1.165) is 21.6 Å². The Morgan fingerprint density at radius 3 is 2.89 bits per heavy atom. The van der Waals surface area contributed by atoms with Crippen molar-refractivity contribution in [3.63, 3.8) is 0 Å². The van der Waals surface area contributed by atoms with Gasteiger partial charge in [-0.15, -0.1) is 6.42 Å². The van der Waals surface area contributed by atoms with Crippen LogP contribution in [0.1, 0.15) is 5.56 Å². The van der Waals surface area contributed by atoms with Crippen molar-refractivity contribution >= 4 is 21.6 Å². The second kappa shape index (κ2) is 6.81. The first-order valence-electron chi connectivity index (χ1n) is 5.80. The number of terminal acetylenes is 1. The standard InChI is InChI=1S/C15H13BrN2O/c1-2-10-19-14-8-4-3-6-12(14)11-18-13-7-5-9-17-15(13)16/h1,3-9,18H,10-11H2. The van der Waals surface area contributed by atoms with E-state index in [1.54, 1.807) is 6.20 Å². The number of halogens is 1. The summed E-state index contributed by atoms with van der Waals surface area (Å²) in [5.41, 5.74) is 1.99. The van der Waals surface area contributed by atoms with Crippen molar-refractivity contribution in [1.82, 2.24) is 4.98 Å². The lowest BCUT2D eigenvalue weighted by Crippen LogP contribution is -2.04. The van der Waals surface area contributed by atoms with Gasteiger partial charge in [0.1, 0.15) is 17.0 Å². The fourth-order valence-corrected chi connectivity index (χ4v) is 2.01. The summed E-state index contributed by atoms with van der Waals surface area (Å²) in [7, 11) is 0. The first kappa shape index (κ1) is 13.4. The number of aromatic nitrogens is 1. The Kier molecular flexibility index (Phi) is 4.82. The molecule has 2 aromatic rings. The van der Waals surface area contributed by atoms with E-state index in [-0.39, 0.29) is 6.61 Å². The highest BCUT2D eigenvalue weighted by Gasteiger charge is 2.04. The highest BCUT2D eigenvalue weighted by atomic mass is 79.9. The van der Waals surface area contributed by atoms with Gasteiger partial charge >= 0.3 is 0 Å². The molecule has 0 radical (unpaired) electrons. The van der Waals surface area contributed by atoms with Gasteiger partial charge in [0.25, 0.3) is 0 Å². The van der Waals surface area contributed by atoms with Crippen LogP contribution in [0.2, 0.25) is 0 Å². The van der Waals surface area contributed by atoms with E-state index in [4.69, 9.17) is 11.2 Å². The van der Waals surface area contributed by atoms with E-state index in [1.807, 2.05) is 36.4 Å². The molecule has 0 amide bonds. The van der Waals surface area contributed by atoms with Crippen molar-refractivity contribution in [1.29, 1.82) is 0 Å². The van der Waals surface area contributed by atoms with E-state index in [1.165, 1.54) is 0 Å². The number of anilines is 1.